The monoisotopic (exact) mass is 469 g/mol. The van der Waals surface area contributed by atoms with Crippen LogP contribution in [0, 0.1) is 0 Å². The van der Waals surface area contributed by atoms with Gasteiger partial charge >= 0.3 is 11.9 Å². The van der Waals surface area contributed by atoms with Crippen LogP contribution in [0.2, 0.25) is 0 Å². The van der Waals surface area contributed by atoms with Crippen LogP contribution in [-0.4, -0.2) is 49.2 Å². The molecule has 1 fully saturated rings. The minimum atomic E-state index is -1.20. The van der Waals surface area contributed by atoms with Gasteiger partial charge in [0, 0.05) is 18.8 Å². The summed E-state index contributed by atoms with van der Waals surface area (Å²) < 4.78 is 28.8. The van der Waals surface area contributed by atoms with Gasteiger partial charge < -0.3 is 23.7 Å². The number of benzene rings is 2. The lowest BCUT2D eigenvalue weighted by atomic mass is 9.97. The van der Waals surface area contributed by atoms with Crippen molar-refractivity contribution in [2.24, 2.45) is 5.11 Å². The number of hydrogen-bond donors (Lipinski definition) is 0. The molecule has 1 aliphatic rings. The van der Waals surface area contributed by atoms with Crippen LogP contribution in [0.3, 0.4) is 0 Å². The third-order valence-corrected chi connectivity index (χ3v) is 5.06. The Kier molecular flexibility index (Phi) is 9.42. The molecular formula is C24H27N3O7. The molecule has 1 heterocycles. The van der Waals surface area contributed by atoms with Crippen molar-refractivity contribution in [1.82, 2.24) is 0 Å². The third-order valence-electron chi connectivity index (χ3n) is 5.06. The average Bonchev–Trinajstić information content (AvgIpc) is 2.82. The number of esters is 2. The van der Waals surface area contributed by atoms with Crippen molar-refractivity contribution in [3.05, 3.63) is 82.2 Å². The van der Waals surface area contributed by atoms with E-state index in [-0.39, 0.29) is 13.2 Å². The van der Waals surface area contributed by atoms with Gasteiger partial charge in [0.25, 0.3) is 0 Å². The van der Waals surface area contributed by atoms with E-state index in [9.17, 15) is 9.59 Å². The Morgan fingerprint density at radius 1 is 0.882 bits per heavy atom. The highest BCUT2D eigenvalue weighted by Crippen LogP contribution is 2.30. The van der Waals surface area contributed by atoms with Crippen LogP contribution in [0.1, 0.15) is 25.0 Å². The predicted molar refractivity (Wildman–Crippen MR) is 120 cm³/mol. The van der Waals surface area contributed by atoms with Gasteiger partial charge in [-0.3, -0.25) is 9.59 Å². The van der Waals surface area contributed by atoms with Crippen LogP contribution in [0.15, 0.2) is 65.8 Å². The van der Waals surface area contributed by atoms with Gasteiger partial charge in [0.2, 0.25) is 0 Å². The lowest BCUT2D eigenvalue weighted by Gasteiger charge is -2.43. The van der Waals surface area contributed by atoms with Gasteiger partial charge in [-0.2, -0.15) is 0 Å². The number of carbonyl (C=O) groups is 2. The maximum absolute atomic E-state index is 11.9. The van der Waals surface area contributed by atoms with E-state index in [2.05, 4.69) is 10.0 Å². The summed E-state index contributed by atoms with van der Waals surface area (Å²) in [6.07, 6.45) is -5.12. The molecular weight excluding hydrogens is 442 g/mol. The maximum atomic E-state index is 11.9. The molecule has 0 aromatic heterocycles. The van der Waals surface area contributed by atoms with E-state index in [0.717, 1.165) is 11.1 Å². The Morgan fingerprint density at radius 2 is 1.44 bits per heavy atom. The lowest BCUT2D eigenvalue weighted by Crippen LogP contribution is -2.61. The molecule has 3 rings (SSSR count). The zero-order chi connectivity index (χ0) is 24.3. The minimum Gasteiger partial charge on any atom is -0.457 e. The van der Waals surface area contributed by atoms with Gasteiger partial charge in [0.15, 0.2) is 18.4 Å². The summed E-state index contributed by atoms with van der Waals surface area (Å²) in [4.78, 5) is 26.6. The number of carbonyl (C=O) groups excluding carboxylic acids is 2. The van der Waals surface area contributed by atoms with E-state index in [4.69, 9.17) is 29.2 Å². The van der Waals surface area contributed by atoms with Crippen LogP contribution in [0.4, 0.5) is 0 Å². The van der Waals surface area contributed by atoms with E-state index < -0.39 is 42.6 Å². The van der Waals surface area contributed by atoms with Crippen LogP contribution >= 0.6 is 0 Å². The standard InChI is InChI=1S/C24H27N3O7/c1-16(28)32-21-20(15-30-13-18-9-5-3-6-10-18)34-24(26-27-25)23(33-17(2)29)22(21)31-14-19-11-7-4-8-12-19/h3-12,20-24H,13-15H2,1-2H3/t20-,21?,22+,23-,24-/m1/s1. The van der Waals surface area contributed by atoms with Crippen molar-refractivity contribution >= 4 is 11.9 Å². The molecule has 1 saturated heterocycles. The third kappa shape index (κ3) is 7.29. The molecule has 180 valence electrons. The van der Waals surface area contributed by atoms with Gasteiger partial charge in [0.1, 0.15) is 12.2 Å². The zero-order valence-corrected chi connectivity index (χ0v) is 19.0. The second-order valence-electron chi connectivity index (χ2n) is 7.68. The predicted octanol–water partition coefficient (Wildman–Crippen LogP) is 3.69. The highest BCUT2D eigenvalue weighted by molar-refractivity contribution is 5.67. The minimum absolute atomic E-state index is 0.0161. The van der Waals surface area contributed by atoms with E-state index >= 15 is 0 Å². The Labute approximate surface area is 197 Å². The number of rotatable bonds is 10. The zero-order valence-electron chi connectivity index (χ0n) is 19.0. The van der Waals surface area contributed by atoms with E-state index in [1.54, 1.807) is 0 Å². The molecule has 0 aliphatic carbocycles. The maximum Gasteiger partial charge on any atom is 0.303 e. The molecule has 10 nitrogen and oxygen atoms in total. The van der Waals surface area contributed by atoms with E-state index in [1.807, 2.05) is 60.7 Å². The first kappa shape index (κ1) is 25.2. The van der Waals surface area contributed by atoms with Gasteiger partial charge in [-0.05, 0) is 16.7 Å². The second kappa shape index (κ2) is 12.7. The summed E-state index contributed by atoms with van der Waals surface area (Å²) in [5.41, 5.74) is 10.9. The summed E-state index contributed by atoms with van der Waals surface area (Å²) in [5, 5.41) is 3.66. The number of nitrogens with zero attached hydrogens (tertiary/aromatic N) is 3. The largest absolute Gasteiger partial charge is 0.457 e. The molecule has 0 spiro atoms. The molecule has 0 saturated carbocycles. The number of azide groups is 1. The Balaban J connectivity index is 1.84. The normalized spacial score (nSPS) is 24.0. The van der Waals surface area contributed by atoms with Crippen molar-refractivity contribution in [2.45, 2.75) is 57.7 Å². The fraction of sp³-hybridized carbons (Fsp3) is 0.417. The number of hydrogen-bond acceptors (Lipinski definition) is 8. The first-order chi connectivity index (χ1) is 16.5. The SMILES string of the molecule is CC(=O)OC1[C@@H](COCc2ccccc2)O[C@@H](N=[N+]=[N-])[C@H](OC(C)=O)[C@H]1OCc1ccccc1. The second-order valence-corrected chi connectivity index (χ2v) is 7.68. The molecule has 0 bridgehead atoms. The average molecular weight is 469 g/mol. The first-order valence-electron chi connectivity index (χ1n) is 10.8. The van der Waals surface area contributed by atoms with Crippen LogP contribution < -0.4 is 0 Å². The molecule has 5 atom stereocenters. The van der Waals surface area contributed by atoms with Crippen molar-refractivity contribution < 1.29 is 33.3 Å². The molecule has 10 heteroatoms. The van der Waals surface area contributed by atoms with Crippen molar-refractivity contribution in [1.29, 1.82) is 0 Å². The Hall–Kier alpha value is -3.43. The highest BCUT2D eigenvalue weighted by atomic mass is 16.6. The molecule has 0 amide bonds. The molecule has 1 aliphatic heterocycles. The molecule has 34 heavy (non-hydrogen) atoms. The summed E-state index contributed by atoms with van der Waals surface area (Å²) in [6, 6.07) is 18.8. The molecule has 0 radical (unpaired) electrons. The van der Waals surface area contributed by atoms with Crippen molar-refractivity contribution in [3.8, 4) is 0 Å². The fourth-order valence-electron chi connectivity index (χ4n) is 3.65. The molecule has 2 aromatic rings. The van der Waals surface area contributed by atoms with Gasteiger partial charge in [-0.15, -0.1) is 0 Å². The van der Waals surface area contributed by atoms with Crippen LogP contribution in [-0.2, 0) is 46.5 Å². The van der Waals surface area contributed by atoms with E-state index in [1.165, 1.54) is 13.8 Å². The number of ether oxygens (including phenoxy) is 5. The summed E-state index contributed by atoms with van der Waals surface area (Å²) >= 11 is 0. The summed E-state index contributed by atoms with van der Waals surface area (Å²) in [7, 11) is 0. The van der Waals surface area contributed by atoms with Crippen molar-refractivity contribution in [3.63, 3.8) is 0 Å². The van der Waals surface area contributed by atoms with Gasteiger partial charge in [0.05, 0.1) is 19.8 Å². The summed E-state index contributed by atoms with van der Waals surface area (Å²) in [5.74, 6) is -1.20. The van der Waals surface area contributed by atoms with Crippen molar-refractivity contribution in [2.75, 3.05) is 6.61 Å². The Morgan fingerprint density at radius 3 is 2.00 bits per heavy atom. The highest BCUT2D eigenvalue weighted by Gasteiger charge is 2.50. The van der Waals surface area contributed by atoms with Crippen LogP contribution in [0.25, 0.3) is 10.4 Å². The lowest BCUT2D eigenvalue weighted by molar-refractivity contribution is -0.258. The van der Waals surface area contributed by atoms with Gasteiger partial charge in [-0.25, -0.2) is 0 Å². The van der Waals surface area contributed by atoms with Gasteiger partial charge in [-0.1, -0.05) is 65.8 Å². The Bertz CT molecular complexity index is 983. The topological polar surface area (TPSA) is 129 Å². The quantitative estimate of drug-likeness (QED) is 0.225. The fourth-order valence-corrected chi connectivity index (χ4v) is 3.65. The van der Waals surface area contributed by atoms with Crippen LogP contribution in [0.5, 0.6) is 0 Å². The first-order valence-corrected chi connectivity index (χ1v) is 10.8. The molecule has 1 unspecified atom stereocenters. The molecule has 0 N–H and O–H groups in total. The van der Waals surface area contributed by atoms with E-state index in [0.29, 0.717) is 6.61 Å². The smallest absolute Gasteiger partial charge is 0.303 e. The molecule has 2 aromatic carbocycles. The summed E-state index contributed by atoms with van der Waals surface area (Å²) in [6.45, 7) is 2.93.